The molecule has 1 aromatic carbocycles. The fourth-order valence-electron chi connectivity index (χ4n) is 1.18. The van der Waals surface area contributed by atoms with Crippen molar-refractivity contribution in [2.75, 3.05) is 11.9 Å². The van der Waals surface area contributed by atoms with Crippen LogP contribution in [0.15, 0.2) is 28.8 Å². The van der Waals surface area contributed by atoms with Crippen molar-refractivity contribution < 1.29 is 14.1 Å². The molecule has 0 saturated carbocycles. The van der Waals surface area contributed by atoms with Crippen LogP contribution >= 0.6 is 11.6 Å². The molecule has 0 aliphatic rings. The van der Waals surface area contributed by atoms with Crippen LogP contribution in [0, 0.1) is 6.92 Å². The van der Waals surface area contributed by atoms with Crippen molar-refractivity contribution in [1.29, 1.82) is 0 Å². The number of hydrogen-bond donors (Lipinski definition) is 1. The summed E-state index contributed by atoms with van der Waals surface area (Å²) in [4.78, 5) is 15.3. The predicted octanol–water partition coefficient (Wildman–Crippen LogP) is 2.05. The highest BCUT2D eigenvalue weighted by Gasteiger charge is 2.08. The van der Waals surface area contributed by atoms with Crippen LogP contribution in [-0.4, -0.2) is 22.7 Å². The summed E-state index contributed by atoms with van der Waals surface area (Å²) in [7, 11) is 0. The van der Waals surface area contributed by atoms with E-state index in [0.29, 0.717) is 16.6 Å². The van der Waals surface area contributed by atoms with Crippen LogP contribution in [-0.2, 0) is 4.79 Å². The van der Waals surface area contributed by atoms with Gasteiger partial charge in [0.25, 0.3) is 5.91 Å². The molecule has 6 nitrogen and oxygen atoms in total. The molecule has 1 amide bonds. The maximum atomic E-state index is 11.5. The minimum Gasteiger partial charge on any atom is -0.484 e. The minimum absolute atomic E-state index is 0.0530. The summed E-state index contributed by atoms with van der Waals surface area (Å²) < 4.78 is 9.98. The third-order valence-electron chi connectivity index (χ3n) is 1.96. The first kappa shape index (κ1) is 12.4. The Labute approximate surface area is 108 Å². The van der Waals surface area contributed by atoms with E-state index in [9.17, 15) is 4.79 Å². The van der Waals surface area contributed by atoms with Crippen LogP contribution in [0.3, 0.4) is 0 Å². The number of benzene rings is 1. The maximum absolute atomic E-state index is 11.5. The average molecular weight is 268 g/mol. The number of carbonyl (C=O) groups is 1. The van der Waals surface area contributed by atoms with Crippen LogP contribution in [0.25, 0.3) is 0 Å². The number of ether oxygens (including phenoxy) is 1. The van der Waals surface area contributed by atoms with Gasteiger partial charge in [-0.2, -0.15) is 4.98 Å². The van der Waals surface area contributed by atoms with E-state index in [1.165, 1.54) is 0 Å². The first-order chi connectivity index (χ1) is 8.63. The van der Waals surface area contributed by atoms with Gasteiger partial charge < -0.3 is 9.26 Å². The number of amides is 1. The zero-order chi connectivity index (χ0) is 13.0. The molecule has 94 valence electrons. The Bertz CT molecular complexity index is 539. The topological polar surface area (TPSA) is 77.2 Å². The van der Waals surface area contributed by atoms with Crippen molar-refractivity contribution in [3.8, 4) is 5.75 Å². The molecular weight excluding hydrogens is 258 g/mol. The summed E-state index contributed by atoms with van der Waals surface area (Å²) in [5.74, 6) is 0.619. The SMILES string of the molecule is Cc1noc(NC(=O)COc2ccc(Cl)cc2)n1. The fraction of sp³-hybridized carbons (Fsp3) is 0.182. The largest absolute Gasteiger partial charge is 0.484 e. The van der Waals surface area contributed by atoms with Gasteiger partial charge in [-0.1, -0.05) is 16.8 Å². The number of carbonyl (C=O) groups excluding carboxylic acids is 1. The van der Waals surface area contributed by atoms with E-state index in [1.807, 2.05) is 0 Å². The van der Waals surface area contributed by atoms with Gasteiger partial charge in [-0.3, -0.25) is 10.1 Å². The van der Waals surface area contributed by atoms with Crippen molar-refractivity contribution in [3.63, 3.8) is 0 Å². The van der Waals surface area contributed by atoms with Crippen molar-refractivity contribution >= 4 is 23.5 Å². The molecule has 1 N–H and O–H groups in total. The molecule has 18 heavy (non-hydrogen) atoms. The molecule has 0 unspecified atom stereocenters. The highest BCUT2D eigenvalue weighted by atomic mass is 35.5. The summed E-state index contributed by atoms with van der Waals surface area (Å²) in [5, 5.41) is 6.56. The number of anilines is 1. The lowest BCUT2D eigenvalue weighted by atomic mass is 10.3. The van der Waals surface area contributed by atoms with Crippen molar-refractivity contribution in [2.45, 2.75) is 6.92 Å². The van der Waals surface area contributed by atoms with E-state index >= 15 is 0 Å². The van der Waals surface area contributed by atoms with Gasteiger partial charge in [0.2, 0.25) is 0 Å². The lowest BCUT2D eigenvalue weighted by Gasteiger charge is -2.04. The molecule has 2 rings (SSSR count). The first-order valence-electron chi connectivity index (χ1n) is 5.12. The quantitative estimate of drug-likeness (QED) is 0.917. The van der Waals surface area contributed by atoms with Crippen LogP contribution in [0.5, 0.6) is 5.75 Å². The lowest BCUT2D eigenvalue weighted by Crippen LogP contribution is -2.20. The maximum Gasteiger partial charge on any atom is 0.328 e. The minimum atomic E-state index is -0.381. The van der Waals surface area contributed by atoms with Gasteiger partial charge in [0.1, 0.15) is 5.75 Å². The normalized spacial score (nSPS) is 10.1. The van der Waals surface area contributed by atoms with Gasteiger partial charge in [-0.25, -0.2) is 0 Å². The zero-order valence-electron chi connectivity index (χ0n) is 9.51. The second-order valence-corrected chi connectivity index (χ2v) is 3.87. The van der Waals surface area contributed by atoms with E-state index in [4.69, 9.17) is 20.9 Å². The van der Waals surface area contributed by atoms with E-state index < -0.39 is 0 Å². The standard InChI is InChI=1S/C11H10ClN3O3/c1-7-13-11(18-15-7)14-10(16)6-17-9-4-2-8(12)3-5-9/h2-5H,6H2,1H3,(H,13,14,15,16). The number of rotatable bonds is 4. The van der Waals surface area contributed by atoms with Gasteiger partial charge in [0.05, 0.1) is 0 Å². The third kappa shape index (κ3) is 3.46. The van der Waals surface area contributed by atoms with E-state index in [1.54, 1.807) is 31.2 Å². The lowest BCUT2D eigenvalue weighted by molar-refractivity contribution is -0.118. The van der Waals surface area contributed by atoms with Gasteiger partial charge >= 0.3 is 6.01 Å². The Morgan fingerprint density at radius 3 is 2.78 bits per heavy atom. The molecule has 0 atom stereocenters. The highest BCUT2D eigenvalue weighted by molar-refractivity contribution is 6.30. The molecule has 0 bridgehead atoms. The Morgan fingerprint density at radius 1 is 1.44 bits per heavy atom. The summed E-state index contributed by atoms with van der Waals surface area (Å²) in [6, 6.07) is 6.75. The summed E-state index contributed by atoms with van der Waals surface area (Å²) in [6.07, 6.45) is 0. The van der Waals surface area contributed by atoms with Crippen LogP contribution in [0.4, 0.5) is 6.01 Å². The number of halogens is 1. The Kier molecular flexibility index (Phi) is 3.78. The smallest absolute Gasteiger partial charge is 0.328 e. The third-order valence-corrected chi connectivity index (χ3v) is 2.21. The summed E-state index contributed by atoms with van der Waals surface area (Å²) >= 11 is 5.72. The van der Waals surface area contributed by atoms with Gasteiger partial charge in [0, 0.05) is 5.02 Å². The zero-order valence-corrected chi connectivity index (χ0v) is 10.3. The van der Waals surface area contributed by atoms with Crippen molar-refractivity contribution in [3.05, 3.63) is 35.1 Å². The second-order valence-electron chi connectivity index (χ2n) is 3.44. The molecule has 1 heterocycles. The Balaban J connectivity index is 1.83. The van der Waals surface area contributed by atoms with Gasteiger partial charge in [0.15, 0.2) is 12.4 Å². The molecule has 1 aromatic heterocycles. The van der Waals surface area contributed by atoms with Gasteiger partial charge in [-0.05, 0) is 31.2 Å². The fourth-order valence-corrected chi connectivity index (χ4v) is 1.31. The van der Waals surface area contributed by atoms with Crippen molar-refractivity contribution in [2.24, 2.45) is 0 Å². The van der Waals surface area contributed by atoms with E-state index in [0.717, 1.165) is 0 Å². The Hall–Kier alpha value is -2.08. The monoisotopic (exact) mass is 267 g/mol. The van der Waals surface area contributed by atoms with E-state index in [2.05, 4.69) is 15.5 Å². The number of nitrogens with one attached hydrogen (secondary N) is 1. The molecule has 0 aliphatic heterocycles. The molecule has 0 radical (unpaired) electrons. The summed E-state index contributed by atoms with van der Waals surface area (Å²) in [5.41, 5.74) is 0. The molecule has 0 saturated heterocycles. The number of aromatic nitrogens is 2. The number of hydrogen-bond acceptors (Lipinski definition) is 5. The molecule has 0 fully saturated rings. The van der Waals surface area contributed by atoms with Gasteiger partial charge in [-0.15, -0.1) is 0 Å². The van der Waals surface area contributed by atoms with Crippen LogP contribution in [0.2, 0.25) is 5.02 Å². The van der Waals surface area contributed by atoms with Crippen LogP contribution < -0.4 is 10.1 Å². The van der Waals surface area contributed by atoms with Crippen LogP contribution in [0.1, 0.15) is 5.82 Å². The Morgan fingerprint density at radius 2 is 2.17 bits per heavy atom. The molecule has 0 aliphatic carbocycles. The van der Waals surface area contributed by atoms with E-state index in [-0.39, 0.29) is 18.5 Å². The predicted molar refractivity (Wildman–Crippen MR) is 64.6 cm³/mol. The number of aryl methyl sites for hydroxylation is 1. The second kappa shape index (κ2) is 5.50. The molecule has 0 spiro atoms. The highest BCUT2D eigenvalue weighted by Crippen LogP contribution is 2.15. The molecule has 7 heteroatoms. The summed E-state index contributed by atoms with van der Waals surface area (Å²) in [6.45, 7) is 1.51. The van der Waals surface area contributed by atoms with Crippen molar-refractivity contribution in [1.82, 2.24) is 10.1 Å². The number of nitrogens with zero attached hydrogens (tertiary/aromatic N) is 2. The molecule has 2 aromatic rings. The molecular formula is C11H10ClN3O3. The average Bonchev–Trinajstić information content (AvgIpc) is 2.74. The first-order valence-corrected chi connectivity index (χ1v) is 5.50.